The molecule has 0 radical (unpaired) electrons. The normalized spacial score (nSPS) is 12.1. The summed E-state index contributed by atoms with van der Waals surface area (Å²) in [6.45, 7) is 2.22. The quantitative estimate of drug-likeness (QED) is 0.878. The summed E-state index contributed by atoms with van der Waals surface area (Å²) in [5.74, 6) is -0.0540. The molecule has 0 aliphatic carbocycles. The number of likely N-dealkylation sites (N-methyl/N-ethyl adjacent to an activating group) is 1. The molecule has 6 nitrogen and oxygen atoms in total. The lowest BCUT2D eigenvalue weighted by Crippen LogP contribution is -2.30. The maximum absolute atomic E-state index is 12.2. The van der Waals surface area contributed by atoms with Crippen molar-refractivity contribution in [2.45, 2.75) is 32.4 Å². The van der Waals surface area contributed by atoms with Crippen LogP contribution >= 0.6 is 0 Å². The van der Waals surface area contributed by atoms with Crippen LogP contribution in [0.1, 0.15) is 31.5 Å². The Morgan fingerprint density at radius 2 is 2.10 bits per heavy atom. The summed E-state index contributed by atoms with van der Waals surface area (Å²) in [5, 5.41) is 8.01. The summed E-state index contributed by atoms with van der Waals surface area (Å²) in [6, 6.07) is 9.38. The van der Waals surface area contributed by atoms with Crippen molar-refractivity contribution in [2.75, 3.05) is 11.9 Å². The molecule has 1 atom stereocenters. The van der Waals surface area contributed by atoms with Crippen molar-refractivity contribution in [3.63, 3.8) is 0 Å². The molecule has 2 aromatic rings. The molecule has 6 heteroatoms. The molecule has 0 saturated heterocycles. The third kappa shape index (κ3) is 3.88. The highest BCUT2D eigenvalue weighted by Gasteiger charge is 2.14. The highest BCUT2D eigenvalue weighted by atomic mass is 16.2. The average molecular weight is 287 g/mol. The van der Waals surface area contributed by atoms with E-state index in [-0.39, 0.29) is 18.5 Å². The lowest BCUT2D eigenvalue weighted by Gasteiger charge is -2.16. The smallest absolute Gasteiger partial charge is 0.248 e. The van der Waals surface area contributed by atoms with Crippen LogP contribution in [-0.2, 0) is 11.3 Å². The Balaban J connectivity index is 2.00. The monoisotopic (exact) mass is 287 g/mol. The summed E-state index contributed by atoms with van der Waals surface area (Å²) < 4.78 is 1.53. The Morgan fingerprint density at radius 1 is 1.38 bits per heavy atom. The van der Waals surface area contributed by atoms with E-state index < -0.39 is 0 Å². The predicted octanol–water partition coefficient (Wildman–Crippen LogP) is 1.74. The van der Waals surface area contributed by atoms with Gasteiger partial charge in [0.05, 0.1) is 17.9 Å². The van der Waals surface area contributed by atoms with E-state index in [0.29, 0.717) is 0 Å². The van der Waals surface area contributed by atoms with Crippen LogP contribution in [0.2, 0.25) is 0 Å². The lowest BCUT2D eigenvalue weighted by atomic mass is 10.1. The van der Waals surface area contributed by atoms with Crippen LogP contribution in [0.5, 0.6) is 0 Å². The maximum Gasteiger partial charge on any atom is 0.248 e. The summed E-state index contributed by atoms with van der Waals surface area (Å²) in [6.07, 6.45) is 3.59. The summed E-state index contributed by atoms with van der Waals surface area (Å²) >= 11 is 0. The second-order valence-electron chi connectivity index (χ2n) is 5.02. The van der Waals surface area contributed by atoms with Gasteiger partial charge in [-0.3, -0.25) is 4.79 Å². The Kier molecular flexibility index (Phi) is 5.05. The van der Waals surface area contributed by atoms with E-state index in [9.17, 15) is 4.79 Å². The molecule has 0 aliphatic heterocycles. The van der Waals surface area contributed by atoms with E-state index >= 15 is 0 Å². The summed E-state index contributed by atoms with van der Waals surface area (Å²) in [4.78, 5) is 13.8. The number of aromatic nitrogens is 3. The first-order chi connectivity index (χ1) is 10.1. The third-order valence-electron chi connectivity index (χ3n) is 3.35. The molecule has 112 valence electrons. The molecule has 1 heterocycles. The predicted molar refractivity (Wildman–Crippen MR) is 81.7 cm³/mol. The van der Waals surface area contributed by atoms with Gasteiger partial charge in [0.25, 0.3) is 0 Å². The lowest BCUT2D eigenvalue weighted by molar-refractivity contribution is -0.119. The number of nitrogens with two attached hydrogens (primary N) is 1. The Labute approximate surface area is 124 Å². The van der Waals surface area contributed by atoms with Gasteiger partial charge in [-0.25, -0.2) is 4.68 Å². The zero-order valence-electron chi connectivity index (χ0n) is 12.4. The number of amides is 1. The first-order valence-electron chi connectivity index (χ1n) is 7.09. The minimum absolute atomic E-state index is 0.0540. The Hall–Kier alpha value is -2.21. The van der Waals surface area contributed by atoms with Crippen molar-refractivity contribution >= 4 is 11.6 Å². The molecule has 2 N–H and O–H groups in total. The van der Waals surface area contributed by atoms with Crippen LogP contribution in [-0.4, -0.2) is 27.9 Å². The van der Waals surface area contributed by atoms with Crippen LogP contribution in [0, 0.1) is 0 Å². The molecular weight excluding hydrogens is 266 g/mol. The number of carbonyl (C=O) groups excluding carboxylic acids is 1. The molecule has 2 rings (SSSR count). The van der Waals surface area contributed by atoms with Gasteiger partial charge in [-0.05, 0) is 18.6 Å². The second kappa shape index (κ2) is 6.99. The molecule has 1 amide bonds. The minimum Gasteiger partial charge on any atom is -0.323 e. The molecule has 0 aliphatic rings. The van der Waals surface area contributed by atoms with Crippen molar-refractivity contribution in [3.05, 3.63) is 42.2 Å². The van der Waals surface area contributed by atoms with Crippen molar-refractivity contribution in [2.24, 2.45) is 5.73 Å². The Morgan fingerprint density at radius 3 is 2.76 bits per heavy atom. The SMILES string of the molecule is CCCC(N)c1cn(CC(=O)N(C)c2ccccc2)nn1. The fourth-order valence-electron chi connectivity index (χ4n) is 2.06. The number of rotatable bonds is 6. The molecule has 1 aromatic heterocycles. The highest BCUT2D eigenvalue weighted by Crippen LogP contribution is 2.13. The number of anilines is 1. The summed E-state index contributed by atoms with van der Waals surface area (Å²) in [5.41, 5.74) is 7.57. The molecule has 1 aromatic carbocycles. The zero-order chi connectivity index (χ0) is 15.2. The molecular formula is C15H21N5O. The van der Waals surface area contributed by atoms with E-state index in [0.717, 1.165) is 24.2 Å². The van der Waals surface area contributed by atoms with E-state index in [1.165, 1.54) is 4.68 Å². The van der Waals surface area contributed by atoms with Crippen molar-refractivity contribution < 1.29 is 4.79 Å². The zero-order valence-corrected chi connectivity index (χ0v) is 12.4. The largest absolute Gasteiger partial charge is 0.323 e. The fourth-order valence-corrected chi connectivity index (χ4v) is 2.06. The van der Waals surface area contributed by atoms with Crippen LogP contribution in [0.4, 0.5) is 5.69 Å². The highest BCUT2D eigenvalue weighted by molar-refractivity contribution is 5.92. The molecule has 0 spiro atoms. The molecule has 0 bridgehead atoms. The second-order valence-corrected chi connectivity index (χ2v) is 5.02. The molecule has 1 unspecified atom stereocenters. The van der Waals surface area contributed by atoms with Crippen molar-refractivity contribution in [1.82, 2.24) is 15.0 Å². The van der Waals surface area contributed by atoms with E-state index in [2.05, 4.69) is 17.2 Å². The van der Waals surface area contributed by atoms with Crippen LogP contribution in [0.25, 0.3) is 0 Å². The topological polar surface area (TPSA) is 77.0 Å². The number of para-hydroxylation sites is 1. The number of nitrogens with zero attached hydrogens (tertiary/aromatic N) is 4. The Bertz CT molecular complexity index is 581. The van der Waals surface area contributed by atoms with Gasteiger partial charge >= 0.3 is 0 Å². The van der Waals surface area contributed by atoms with Crippen molar-refractivity contribution in [1.29, 1.82) is 0 Å². The van der Waals surface area contributed by atoms with Gasteiger partial charge in [0.1, 0.15) is 6.54 Å². The number of hydrogen-bond acceptors (Lipinski definition) is 4. The standard InChI is InChI=1S/C15H21N5O/c1-3-7-13(16)14-10-20(18-17-14)11-15(21)19(2)12-8-5-4-6-9-12/h4-6,8-10,13H,3,7,11,16H2,1-2H3. The minimum atomic E-state index is -0.120. The van der Waals surface area contributed by atoms with Gasteiger partial charge in [-0.1, -0.05) is 36.8 Å². The van der Waals surface area contributed by atoms with Crippen LogP contribution < -0.4 is 10.6 Å². The van der Waals surface area contributed by atoms with E-state index in [1.54, 1.807) is 18.1 Å². The van der Waals surface area contributed by atoms with E-state index in [4.69, 9.17) is 5.73 Å². The fraction of sp³-hybridized carbons (Fsp3) is 0.400. The van der Waals surface area contributed by atoms with Gasteiger partial charge in [0.2, 0.25) is 5.91 Å². The number of benzene rings is 1. The summed E-state index contributed by atoms with van der Waals surface area (Å²) in [7, 11) is 1.75. The maximum atomic E-state index is 12.2. The van der Waals surface area contributed by atoms with Crippen molar-refractivity contribution in [3.8, 4) is 0 Å². The average Bonchev–Trinajstić information content (AvgIpc) is 2.96. The molecule has 0 saturated carbocycles. The first kappa shape index (κ1) is 15.2. The van der Waals surface area contributed by atoms with Gasteiger partial charge < -0.3 is 10.6 Å². The van der Waals surface area contributed by atoms with Gasteiger partial charge in [0.15, 0.2) is 0 Å². The third-order valence-corrected chi connectivity index (χ3v) is 3.35. The number of hydrogen-bond donors (Lipinski definition) is 1. The van der Waals surface area contributed by atoms with Gasteiger partial charge in [0, 0.05) is 12.7 Å². The first-order valence-corrected chi connectivity index (χ1v) is 7.09. The van der Waals surface area contributed by atoms with Gasteiger partial charge in [-0.15, -0.1) is 5.10 Å². The van der Waals surface area contributed by atoms with E-state index in [1.807, 2.05) is 30.3 Å². The molecule has 21 heavy (non-hydrogen) atoms. The molecule has 0 fully saturated rings. The number of carbonyl (C=O) groups is 1. The van der Waals surface area contributed by atoms with Crippen LogP contribution in [0.15, 0.2) is 36.5 Å². The van der Waals surface area contributed by atoms with Crippen LogP contribution in [0.3, 0.4) is 0 Å². The van der Waals surface area contributed by atoms with Gasteiger partial charge in [-0.2, -0.15) is 0 Å².